The van der Waals surface area contributed by atoms with Gasteiger partial charge in [-0.1, -0.05) is 30.3 Å². The Morgan fingerprint density at radius 3 is 2.56 bits per heavy atom. The fourth-order valence-electron chi connectivity index (χ4n) is 1.57. The number of amides is 1. The third-order valence-corrected chi connectivity index (χ3v) is 2.28. The Kier molecular flexibility index (Phi) is 2.96. The van der Waals surface area contributed by atoms with Crippen LogP contribution in [0.2, 0.25) is 0 Å². The first-order chi connectivity index (χ1) is 7.75. The average Bonchev–Trinajstić information content (AvgIpc) is 2.30. The predicted molar refractivity (Wildman–Crippen MR) is 62.6 cm³/mol. The Balaban J connectivity index is 2.33. The largest absolute Gasteiger partial charge is 0.369 e. The molecule has 80 valence electrons. The smallest absolute Gasteiger partial charge is 0.221 e. The van der Waals surface area contributed by atoms with Crippen molar-refractivity contribution in [3.8, 4) is 11.1 Å². The number of hydrogen-bond donors (Lipinski definition) is 1. The van der Waals surface area contributed by atoms with Crippen LogP contribution in [0.5, 0.6) is 0 Å². The molecular formula is C13H12N2O. The second-order valence-electron chi connectivity index (χ2n) is 3.59. The van der Waals surface area contributed by atoms with Crippen molar-refractivity contribution in [3.05, 3.63) is 54.4 Å². The molecule has 1 aromatic carbocycles. The van der Waals surface area contributed by atoms with Crippen LogP contribution in [-0.4, -0.2) is 10.9 Å². The zero-order valence-electron chi connectivity index (χ0n) is 8.76. The zero-order chi connectivity index (χ0) is 11.4. The molecule has 0 saturated heterocycles. The molecule has 0 bridgehead atoms. The molecule has 0 aliphatic carbocycles. The molecule has 3 nitrogen and oxygen atoms in total. The van der Waals surface area contributed by atoms with Gasteiger partial charge in [-0.2, -0.15) is 0 Å². The topological polar surface area (TPSA) is 56.0 Å². The number of nitrogens with two attached hydrogens (primary N) is 1. The second kappa shape index (κ2) is 4.57. The summed E-state index contributed by atoms with van der Waals surface area (Å²) in [4.78, 5) is 14.9. The summed E-state index contributed by atoms with van der Waals surface area (Å²) in [5, 5.41) is 0. The lowest BCUT2D eigenvalue weighted by Gasteiger charge is -2.03. The highest BCUT2D eigenvalue weighted by Gasteiger charge is 2.02. The number of benzene rings is 1. The van der Waals surface area contributed by atoms with E-state index in [0.29, 0.717) is 0 Å². The molecule has 1 amide bonds. The summed E-state index contributed by atoms with van der Waals surface area (Å²) in [6.07, 6.45) is 3.67. The van der Waals surface area contributed by atoms with E-state index in [1.807, 2.05) is 36.4 Å². The van der Waals surface area contributed by atoms with E-state index in [1.165, 1.54) is 0 Å². The van der Waals surface area contributed by atoms with Crippen molar-refractivity contribution in [1.29, 1.82) is 0 Å². The number of rotatable bonds is 3. The molecule has 1 aromatic heterocycles. The fraction of sp³-hybridized carbons (Fsp3) is 0.0769. The quantitative estimate of drug-likeness (QED) is 0.843. The van der Waals surface area contributed by atoms with Crippen LogP contribution in [0, 0.1) is 0 Å². The summed E-state index contributed by atoms with van der Waals surface area (Å²) in [7, 11) is 0. The number of aromatic nitrogens is 1. The van der Waals surface area contributed by atoms with Gasteiger partial charge in [0.15, 0.2) is 0 Å². The highest BCUT2D eigenvalue weighted by Crippen LogP contribution is 2.18. The normalized spacial score (nSPS) is 10.0. The monoisotopic (exact) mass is 212 g/mol. The Labute approximate surface area is 93.9 Å². The first-order valence-electron chi connectivity index (χ1n) is 5.03. The molecule has 2 N–H and O–H groups in total. The van der Waals surface area contributed by atoms with Crippen LogP contribution in [0.1, 0.15) is 5.56 Å². The summed E-state index contributed by atoms with van der Waals surface area (Å²) in [6.45, 7) is 0. The van der Waals surface area contributed by atoms with E-state index in [0.717, 1.165) is 16.7 Å². The minimum atomic E-state index is -0.341. The predicted octanol–water partition coefficient (Wildman–Crippen LogP) is 1.78. The SMILES string of the molecule is NC(=O)Cc1cncc(-c2ccccc2)c1. The van der Waals surface area contributed by atoms with Gasteiger partial charge in [-0.05, 0) is 17.2 Å². The van der Waals surface area contributed by atoms with E-state index >= 15 is 0 Å². The van der Waals surface area contributed by atoms with Crippen molar-refractivity contribution < 1.29 is 4.79 Å². The van der Waals surface area contributed by atoms with Gasteiger partial charge in [0.2, 0.25) is 5.91 Å². The van der Waals surface area contributed by atoms with Gasteiger partial charge < -0.3 is 5.73 Å². The van der Waals surface area contributed by atoms with E-state index in [9.17, 15) is 4.79 Å². The van der Waals surface area contributed by atoms with Crippen molar-refractivity contribution in [2.45, 2.75) is 6.42 Å². The molecule has 0 unspecified atom stereocenters. The van der Waals surface area contributed by atoms with Crippen LogP contribution in [0.3, 0.4) is 0 Å². The molecule has 2 rings (SSSR count). The van der Waals surface area contributed by atoms with Gasteiger partial charge in [-0.25, -0.2) is 0 Å². The van der Waals surface area contributed by atoms with Gasteiger partial charge in [0.1, 0.15) is 0 Å². The van der Waals surface area contributed by atoms with E-state index in [-0.39, 0.29) is 12.3 Å². The van der Waals surface area contributed by atoms with Crippen LogP contribution >= 0.6 is 0 Å². The van der Waals surface area contributed by atoms with Gasteiger partial charge in [0.25, 0.3) is 0 Å². The fourth-order valence-corrected chi connectivity index (χ4v) is 1.57. The van der Waals surface area contributed by atoms with Crippen LogP contribution in [0.15, 0.2) is 48.8 Å². The Hall–Kier alpha value is -2.16. The van der Waals surface area contributed by atoms with Crippen molar-refractivity contribution in [2.24, 2.45) is 5.73 Å². The molecular weight excluding hydrogens is 200 g/mol. The highest BCUT2D eigenvalue weighted by molar-refractivity contribution is 5.77. The Morgan fingerprint density at radius 1 is 1.12 bits per heavy atom. The molecule has 0 atom stereocenters. The molecule has 3 heteroatoms. The van der Waals surface area contributed by atoms with E-state index in [2.05, 4.69) is 4.98 Å². The third kappa shape index (κ3) is 2.45. The standard InChI is InChI=1S/C13H12N2O/c14-13(16)7-10-6-12(9-15-8-10)11-4-2-1-3-5-11/h1-6,8-9H,7H2,(H2,14,16). The molecule has 2 aromatic rings. The number of carbonyl (C=O) groups is 1. The summed E-state index contributed by atoms with van der Waals surface area (Å²) in [5.74, 6) is -0.341. The lowest BCUT2D eigenvalue weighted by molar-refractivity contribution is -0.117. The van der Waals surface area contributed by atoms with Crippen molar-refractivity contribution in [2.75, 3.05) is 0 Å². The third-order valence-electron chi connectivity index (χ3n) is 2.28. The average molecular weight is 212 g/mol. The van der Waals surface area contributed by atoms with Crippen LogP contribution in [-0.2, 0) is 11.2 Å². The number of primary amides is 1. The van der Waals surface area contributed by atoms with Crippen LogP contribution < -0.4 is 5.73 Å². The first kappa shape index (κ1) is 10.4. The van der Waals surface area contributed by atoms with Crippen LogP contribution in [0.4, 0.5) is 0 Å². The van der Waals surface area contributed by atoms with Crippen LogP contribution in [0.25, 0.3) is 11.1 Å². The van der Waals surface area contributed by atoms with Gasteiger partial charge in [-0.3, -0.25) is 9.78 Å². The number of carbonyl (C=O) groups excluding carboxylic acids is 1. The minimum absolute atomic E-state index is 0.230. The summed E-state index contributed by atoms with van der Waals surface area (Å²) >= 11 is 0. The molecule has 0 radical (unpaired) electrons. The van der Waals surface area contributed by atoms with E-state index in [1.54, 1.807) is 12.4 Å². The summed E-state index contributed by atoms with van der Waals surface area (Å²) in [6, 6.07) is 11.8. The molecule has 0 aliphatic heterocycles. The van der Waals surface area contributed by atoms with Crippen molar-refractivity contribution in [3.63, 3.8) is 0 Å². The lowest BCUT2D eigenvalue weighted by Crippen LogP contribution is -2.13. The van der Waals surface area contributed by atoms with Crippen molar-refractivity contribution >= 4 is 5.91 Å². The maximum atomic E-state index is 10.8. The minimum Gasteiger partial charge on any atom is -0.369 e. The lowest BCUT2D eigenvalue weighted by atomic mass is 10.1. The Morgan fingerprint density at radius 2 is 1.88 bits per heavy atom. The maximum Gasteiger partial charge on any atom is 0.221 e. The van der Waals surface area contributed by atoms with E-state index < -0.39 is 0 Å². The molecule has 0 aliphatic rings. The summed E-state index contributed by atoms with van der Waals surface area (Å²) < 4.78 is 0. The van der Waals surface area contributed by atoms with Gasteiger partial charge in [0.05, 0.1) is 6.42 Å². The van der Waals surface area contributed by atoms with Gasteiger partial charge in [-0.15, -0.1) is 0 Å². The maximum absolute atomic E-state index is 10.8. The number of pyridine rings is 1. The molecule has 1 heterocycles. The molecule has 0 saturated carbocycles. The number of nitrogens with zero attached hydrogens (tertiary/aromatic N) is 1. The zero-order valence-corrected chi connectivity index (χ0v) is 8.76. The molecule has 16 heavy (non-hydrogen) atoms. The summed E-state index contributed by atoms with van der Waals surface area (Å²) in [5.41, 5.74) is 8.07. The number of hydrogen-bond acceptors (Lipinski definition) is 2. The highest BCUT2D eigenvalue weighted by atomic mass is 16.1. The molecule has 0 spiro atoms. The molecule has 0 fully saturated rings. The van der Waals surface area contributed by atoms with Gasteiger partial charge >= 0.3 is 0 Å². The van der Waals surface area contributed by atoms with E-state index in [4.69, 9.17) is 5.73 Å². The first-order valence-corrected chi connectivity index (χ1v) is 5.03. The Bertz CT molecular complexity index is 494. The second-order valence-corrected chi connectivity index (χ2v) is 3.59. The van der Waals surface area contributed by atoms with Crippen molar-refractivity contribution in [1.82, 2.24) is 4.98 Å². The van der Waals surface area contributed by atoms with Gasteiger partial charge in [0, 0.05) is 18.0 Å².